The highest BCUT2D eigenvalue weighted by molar-refractivity contribution is 6.04. The molecule has 3 aromatic carbocycles. The maximum atomic E-state index is 12.8. The fraction of sp³-hybridized carbons (Fsp3) is 0.286. The first-order chi connectivity index (χ1) is 23.6. The van der Waals surface area contributed by atoms with Crippen molar-refractivity contribution in [1.82, 2.24) is 9.97 Å². The van der Waals surface area contributed by atoms with Gasteiger partial charge in [0.15, 0.2) is 11.5 Å². The summed E-state index contributed by atoms with van der Waals surface area (Å²) in [7, 11) is 3.16. The molecule has 0 aliphatic rings. The minimum atomic E-state index is -1.67. The monoisotopic (exact) mass is 671 g/mol. The minimum Gasteiger partial charge on any atom is -0.487 e. The van der Waals surface area contributed by atoms with Crippen LogP contribution in [0.3, 0.4) is 0 Å². The van der Waals surface area contributed by atoms with Crippen molar-refractivity contribution in [2.45, 2.75) is 18.5 Å². The first-order valence-electron chi connectivity index (χ1n) is 15.1. The van der Waals surface area contributed by atoms with Gasteiger partial charge in [-0.2, -0.15) is 0 Å². The fourth-order valence-corrected chi connectivity index (χ4v) is 4.85. The number of anilines is 2. The molecule has 1 aromatic heterocycles. The number of methoxy groups -OCH3 is 2. The number of ether oxygens (including phenoxy) is 4. The number of nitrogens with zero attached hydrogens (tertiary/aromatic N) is 2. The molecule has 3 atom stereocenters. The molecule has 49 heavy (non-hydrogen) atoms. The Balaban J connectivity index is 1.74. The predicted octanol–water partition coefficient (Wildman–Crippen LogP) is 3.30. The number of nitrogens with one attached hydrogen (secondary N) is 2. The molecule has 0 aliphatic carbocycles. The van der Waals surface area contributed by atoms with Gasteiger partial charge in [0, 0.05) is 42.6 Å². The predicted molar refractivity (Wildman–Crippen MR) is 181 cm³/mol. The van der Waals surface area contributed by atoms with Gasteiger partial charge in [-0.05, 0) is 48.4 Å². The minimum absolute atomic E-state index is 0.268. The van der Waals surface area contributed by atoms with Crippen LogP contribution in [0, 0.1) is 18.3 Å². The van der Waals surface area contributed by atoms with Crippen LogP contribution >= 0.6 is 0 Å². The third kappa shape index (κ3) is 9.64. The second kappa shape index (κ2) is 17.4. The number of aromatic nitrogens is 2. The van der Waals surface area contributed by atoms with Crippen molar-refractivity contribution in [3.8, 4) is 23.8 Å². The molecular weight excluding hydrogens is 634 g/mol. The van der Waals surface area contributed by atoms with Gasteiger partial charge in [-0.15, -0.1) is 6.42 Å². The largest absolute Gasteiger partial charge is 0.487 e. The third-order valence-electron chi connectivity index (χ3n) is 7.37. The SMILES string of the molecule is C#Cc1cccc(NC(c2ccc(NC(=O)C(C[C@H](N)C(=O)O)C(=O)O)cc2)c2ncnc3cc(OCCOC)c(OCCOC)cc23)c1. The number of terminal acetylenes is 1. The van der Waals surface area contributed by atoms with Crippen molar-refractivity contribution in [2.75, 3.05) is 51.3 Å². The van der Waals surface area contributed by atoms with E-state index in [2.05, 4.69) is 26.5 Å². The average molecular weight is 672 g/mol. The topological polar surface area (TPSA) is 204 Å². The van der Waals surface area contributed by atoms with Crippen LogP contribution in [0.5, 0.6) is 11.5 Å². The lowest BCUT2D eigenvalue weighted by Gasteiger charge is -2.23. The van der Waals surface area contributed by atoms with Crippen LogP contribution in [0.25, 0.3) is 10.9 Å². The zero-order chi connectivity index (χ0) is 35.3. The van der Waals surface area contributed by atoms with E-state index in [9.17, 15) is 19.5 Å². The first kappa shape index (κ1) is 36.1. The highest BCUT2D eigenvalue weighted by Gasteiger charge is 2.31. The average Bonchev–Trinajstić information content (AvgIpc) is 3.09. The molecule has 4 aromatic rings. The van der Waals surface area contributed by atoms with E-state index in [0.717, 1.165) is 0 Å². The van der Waals surface area contributed by atoms with Crippen LogP contribution in [0.4, 0.5) is 11.4 Å². The number of aliphatic carboxylic acids is 2. The Hall–Kier alpha value is -5.75. The fourth-order valence-electron chi connectivity index (χ4n) is 4.85. The van der Waals surface area contributed by atoms with Gasteiger partial charge < -0.3 is 45.5 Å². The van der Waals surface area contributed by atoms with Crippen LogP contribution in [0.1, 0.15) is 29.3 Å². The maximum absolute atomic E-state index is 12.8. The summed E-state index contributed by atoms with van der Waals surface area (Å²) in [6, 6.07) is 15.4. The van der Waals surface area contributed by atoms with Crippen molar-refractivity contribution >= 4 is 40.1 Å². The molecule has 256 valence electrons. The molecule has 0 bridgehead atoms. The third-order valence-corrected chi connectivity index (χ3v) is 7.37. The molecule has 0 radical (unpaired) electrons. The number of carboxylic acid groups (broad SMARTS) is 2. The summed E-state index contributed by atoms with van der Waals surface area (Å²) in [5, 5.41) is 25.3. The van der Waals surface area contributed by atoms with Crippen molar-refractivity contribution in [3.63, 3.8) is 0 Å². The van der Waals surface area contributed by atoms with E-state index in [1.807, 2.05) is 18.2 Å². The molecule has 0 aliphatic heterocycles. The second-order valence-electron chi connectivity index (χ2n) is 10.7. The van der Waals surface area contributed by atoms with Gasteiger partial charge in [0.05, 0.1) is 30.5 Å². The summed E-state index contributed by atoms with van der Waals surface area (Å²) in [5.74, 6) is -1.90. The molecule has 2 unspecified atom stereocenters. The Labute approximate surface area is 282 Å². The van der Waals surface area contributed by atoms with Gasteiger partial charge in [-0.3, -0.25) is 14.4 Å². The molecule has 1 amide bonds. The molecule has 0 spiro atoms. The van der Waals surface area contributed by atoms with Gasteiger partial charge in [0.25, 0.3) is 0 Å². The quantitative estimate of drug-likeness (QED) is 0.0586. The molecule has 1 heterocycles. The van der Waals surface area contributed by atoms with Gasteiger partial charge in [-0.25, -0.2) is 9.97 Å². The summed E-state index contributed by atoms with van der Waals surface area (Å²) in [6.07, 6.45) is 6.53. The van der Waals surface area contributed by atoms with Crippen molar-refractivity contribution < 1.29 is 43.5 Å². The lowest BCUT2D eigenvalue weighted by Crippen LogP contribution is -2.39. The standard InChI is InChI=1S/C35H37N5O9/c1-4-21-6-5-7-24(16-21)39-31(22-8-10-23(11-9-22)40-33(41)26(34(42)43)17-27(36)35(44)45)32-25-18-29(48-14-12-46-2)30(49-15-13-47-3)19-28(25)37-20-38-32/h1,5-11,16,18-20,26-27,31,39H,12-15,17,36H2,2-3H3,(H,40,41)(H,42,43)(H,44,45)/t26?,27-,31?/m0/s1. The number of hydrogen-bond donors (Lipinski definition) is 5. The van der Waals surface area contributed by atoms with Crippen molar-refractivity contribution in [1.29, 1.82) is 0 Å². The van der Waals surface area contributed by atoms with Crippen molar-refractivity contribution in [2.24, 2.45) is 11.7 Å². The molecule has 0 fully saturated rings. The number of nitrogens with two attached hydrogens (primary N) is 1. The van der Waals surface area contributed by atoms with E-state index in [0.29, 0.717) is 64.7 Å². The van der Waals surface area contributed by atoms with E-state index in [1.54, 1.807) is 56.7 Å². The molecule has 4 rings (SSSR count). The van der Waals surface area contributed by atoms with E-state index >= 15 is 0 Å². The summed E-state index contributed by atoms with van der Waals surface area (Å²) in [6.45, 7) is 1.28. The van der Waals surface area contributed by atoms with E-state index < -0.39 is 42.3 Å². The lowest BCUT2D eigenvalue weighted by molar-refractivity contribution is -0.146. The Morgan fingerprint density at radius 2 is 1.55 bits per heavy atom. The summed E-state index contributed by atoms with van der Waals surface area (Å²) in [5.41, 5.74) is 9.04. The van der Waals surface area contributed by atoms with Crippen LogP contribution in [0.2, 0.25) is 0 Å². The number of rotatable bonds is 18. The van der Waals surface area contributed by atoms with Crippen LogP contribution in [-0.4, -0.2) is 84.7 Å². The molecule has 14 nitrogen and oxygen atoms in total. The maximum Gasteiger partial charge on any atom is 0.320 e. The number of hydrogen-bond acceptors (Lipinski definition) is 11. The highest BCUT2D eigenvalue weighted by Crippen LogP contribution is 2.37. The zero-order valence-corrected chi connectivity index (χ0v) is 26.9. The lowest BCUT2D eigenvalue weighted by atomic mass is 9.98. The number of carbonyl (C=O) groups is 3. The number of benzene rings is 3. The zero-order valence-electron chi connectivity index (χ0n) is 26.9. The van der Waals surface area contributed by atoms with Gasteiger partial charge in [0.2, 0.25) is 5.91 Å². The second-order valence-corrected chi connectivity index (χ2v) is 10.7. The molecular formula is C35H37N5O9. The summed E-state index contributed by atoms with van der Waals surface area (Å²) in [4.78, 5) is 44.9. The van der Waals surface area contributed by atoms with E-state index in [-0.39, 0.29) is 12.3 Å². The molecule has 0 saturated carbocycles. The molecule has 14 heteroatoms. The van der Waals surface area contributed by atoms with Crippen molar-refractivity contribution in [3.05, 3.63) is 83.8 Å². The van der Waals surface area contributed by atoms with Gasteiger partial charge in [0.1, 0.15) is 31.5 Å². The normalized spacial score (nSPS) is 12.7. The van der Waals surface area contributed by atoms with E-state index in [1.165, 1.54) is 6.33 Å². The summed E-state index contributed by atoms with van der Waals surface area (Å²) >= 11 is 0. The summed E-state index contributed by atoms with van der Waals surface area (Å²) < 4.78 is 22.2. The number of carboxylic acids is 2. The molecule has 0 saturated heterocycles. The van der Waals surface area contributed by atoms with Crippen LogP contribution in [-0.2, 0) is 23.9 Å². The number of fused-ring (bicyclic) bond motifs is 1. The van der Waals surface area contributed by atoms with E-state index in [4.69, 9.17) is 36.2 Å². The smallest absolute Gasteiger partial charge is 0.320 e. The highest BCUT2D eigenvalue weighted by atomic mass is 16.5. The number of carbonyl (C=O) groups excluding carboxylic acids is 1. The number of amides is 1. The van der Waals surface area contributed by atoms with Crippen LogP contribution < -0.4 is 25.8 Å². The van der Waals surface area contributed by atoms with Gasteiger partial charge >= 0.3 is 11.9 Å². The Morgan fingerprint density at radius 1 is 0.878 bits per heavy atom. The Bertz CT molecular complexity index is 1810. The van der Waals surface area contributed by atoms with Gasteiger partial charge in [-0.1, -0.05) is 24.1 Å². The molecule has 6 N–H and O–H groups in total. The Morgan fingerprint density at radius 3 is 2.16 bits per heavy atom. The Kier molecular flexibility index (Phi) is 12.8. The van der Waals surface area contributed by atoms with Crippen LogP contribution in [0.15, 0.2) is 67.0 Å². The first-order valence-corrected chi connectivity index (χ1v) is 15.1.